The van der Waals surface area contributed by atoms with Crippen LogP contribution in [0, 0.1) is 0 Å². The van der Waals surface area contributed by atoms with Gasteiger partial charge in [0.25, 0.3) is 0 Å². The Hall–Kier alpha value is -1.65. The number of carbonyl (C=O) groups is 1. The van der Waals surface area contributed by atoms with Crippen LogP contribution in [-0.4, -0.2) is 26.1 Å². The molecule has 1 N–H and O–H groups in total. The van der Waals surface area contributed by atoms with E-state index < -0.39 is 11.7 Å². The average molecular weight is 277 g/mol. The molecule has 0 fully saturated rings. The summed E-state index contributed by atoms with van der Waals surface area (Å²) in [7, 11) is 2.57. The summed E-state index contributed by atoms with van der Waals surface area (Å²) in [5.41, 5.74) is 1.65. The standard InChI is InChI=1S/C15H24BNO3/c1-10(17-14(18)20-15(2,3)4)11-7-8-12(16-5)13(9-11)19-6/h7-10,16H,1-6H3,(H,17,18)/t10-/m1/s1. The Morgan fingerprint density at radius 2 is 2.00 bits per heavy atom. The first-order chi connectivity index (χ1) is 9.26. The van der Waals surface area contributed by atoms with E-state index in [0.717, 1.165) is 24.1 Å². The van der Waals surface area contributed by atoms with E-state index in [1.165, 1.54) is 0 Å². The lowest BCUT2D eigenvalue weighted by atomic mass is 9.72. The van der Waals surface area contributed by atoms with Gasteiger partial charge in [0.2, 0.25) is 0 Å². The van der Waals surface area contributed by atoms with Crippen LogP contribution in [0.3, 0.4) is 0 Å². The van der Waals surface area contributed by atoms with E-state index in [0.29, 0.717) is 0 Å². The fraction of sp³-hybridized carbons (Fsp3) is 0.533. The van der Waals surface area contributed by atoms with Crippen LogP contribution in [0.15, 0.2) is 18.2 Å². The van der Waals surface area contributed by atoms with E-state index in [1.54, 1.807) is 7.11 Å². The van der Waals surface area contributed by atoms with Crippen molar-refractivity contribution in [2.45, 2.75) is 46.2 Å². The molecule has 5 heteroatoms. The minimum Gasteiger partial charge on any atom is -0.497 e. The lowest BCUT2D eigenvalue weighted by molar-refractivity contribution is 0.0508. The van der Waals surface area contributed by atoms with Gasteiger partial charge in [-0.05, 0) is 44.8 Å². The van der Waals surface area contributed by atoms with Gasteiger partial charge in [0, 0.05) is 0 Å². The first-order valence-electron chi connectivity index (χ1n) is 6.93. The molecule has 20 heavy (non-hydrogen) atoms. The Balaban J connectivity index is 2.77. The fourth-order valence-electron chi connectivity index (χ4n) is 1.89. The van der Waals surface area contributed by atoms with Crippen LogP contribution < -0.4 is 15.5 Å². The number of benzene rings is 1. The zero-order valence-electron chi connectivity index (χ0n) is 13.2. The monoisotopic (exact) mass is 277 g/mol. The van der Waals surface area contributed by atoms with Crippen molar-refractivity contribution in [2.75, 3.05) is 7.11 Å². The average Bonchev–Trinajstić information content (AvgIpc) is 2.35. The van der Waals surface area contributed by atoms with Crippen molar-refractivity contribution in [1.29, 1.82) is 0 Å². The number of hydrogen-bond donors (Lipinski definition) is 1. The summed E-state index contributed by atoms with van der Waals surface area (Å²) in [5.74, 6) is 0.850. The minimum atomic E-state index is -0.492. The van der Waals surface area contributed by atoms with Gasteiger partial charge < -0.3 is 14.8 Å². The zero-order valence-corrected chi connectivity index (χ0v) is 13.2. The Morgan fingerprint density at radius 3 is 2.50 bits per heavy atom. The third kappa shape index (κ3) is 4.80. The Labute approximate surface area is 122 Å². The number of rotatable bonds is 4. The molecule has 1 atom stereocenters. The molecular weight excluding hydrogens is 253 g/mol. The van der Waals surface area contributed by atoms with Crippen molar-refractivity contribution in [3.63, 3.8) is 0 Å². The van der Waals surface area contributed by atoms with Crippen molar-refractivity contribution in [2.24, 2.45) is 0 Å². The second-order valence-corrected chi connectivity index (χ2v) is 5.79. The highest BCUT2D eigenvalue weighted by Gasteiger charge is 2.18. The van der Waals surface area contributed by atoms with E-state index in [9.17, 15) is 4.79 Å². The maximum absolute atomic E-state index is 11.8. The molecular formula is C15H24BNO3. The van der Waals surface area contributed by atoms with Crippen molar-refractivity contribution in [3.05, 3.63) is 23.8 Å². The third-order valence-electron chi connectivity index (χ3n) is 2.93. The highest BCUT2D eigenvalue weighted by Crippen LogP contribution is 2.18. The molecule has 0 spiro atoms. The lowest BCUT2D eigenvalue weighted by Crippen LogP contribution is -2.34. The second kappa shape index (κ2) is 6.68. The van der Waals surface area contributed by atoms with Crippen LogP contribution in [0.2, 0.25) is 6.82 Å². The Morgan fingerprint density at radius 1 is 1.35 bits per heavy atom. The molecule has 0 aliphatic rings. The number of amides is 1. The van der Waals surface area contributed by atoms with Crippen molar-refractivity contribution >= 4 is 18.8 Å². The maximum atomic E-state index is 11.8. The summed E-state index contributed by atoms with van der Waals surface area (Å²) in [6, 6.07) is 5.86. The summed E-state index contributed by atoms with van der Waals surface area (Å²) in [6.45, 7) is 9.53. The van der Waals surface area contributed by atoms with Gasteiger partial charge in [0.1, 0.15) is 11.4 Å². The molecule has 0 unspecified atom stereocenters. The number of hydrogen-bond acceptors (Lipinski definition) is 3. The summed E-state index contributed by atoms with van der Waals surface area (Å²) >= 11 is 0. The van der Waals surface area contributed by atoms with Crippen LogP contribution in [0.25, 0.3) is 0 Å². The number of methoxy groups -OCH3 is 1. The van der Waals surface area contributed by atoms with Gasteiger partial charge >= 0.3 is 6.09 Å². The quantitative estimate of drug-likeness (QED) is 0.860. The Bertz CT molecular complexity index is 469. The van der Waals surface area contributed by atoms with Gasteiger partial charge in [-0.2, -0.15) is 0 Å². The molecule has 0 bridgehead atoms. The summed E-state index contributed by atoms with van der Waals surface area (Å²) < 4.78 is 10.6. The van der Waals surface area contributed by atoms with Gasteiger partial charge in [-0.3, -0.25) is 0 Å². The van der Waals surface area contributed by atoms with E-state index in [-0.39, 0.29) is 6.04 Å². The predicted octanol–water partition coefficient (Wildman–Crippen LogP) is 2.39. The molecule has 0 aliphatic heterocycles. The molecule has 0 saturated carbocycles. The summed E-state index contributed by atoms with van der Waals surface area (Å²) in [6.07, 6.45) is -0.413. The normalized spacial score (nSPS) is 12.5. The Kier molecular flexibility index (Phi) is 5.48. The molecule has 1 aromatic carbocycles. The van der Waals surface area contributed by atoms with Gasteiger partial charge in [0.15, 0.2) is 7.28 Å². The summed E-state index contributed by atoms with van der Waals surface area (Å²) in [5, 5.41) is 2.82. The number of ether oxygens (including phenoxy) is 2. The maximum Gasteiger partial charge on any atom is 0.408 e. The van der Waals surface area contributed by atoms with Crippen LogP contribution in [0.4, 0.5) is 4.79 Å². The molecule has 0 heterocycles. The van der Waals surface area contributed by atoms with E-state index in [1.807, 2.05) is 45.9 Å². The van der Waals surface area contributed by atoms with Gasteiger partial charge in [0.05, 0.1) is 13.2 Å². The minimum absolute atomic E-state index is 0.135. The summed E-state index contributed by atoms with van der Waals surface area (Å²) in [4.78, 5) is 11.8. The van der Waals surface area contributed by atoms with E-state index in [2.05, 4.69) is 12.1 Å². The molecule has 4 nitrogen and oxygen atoms in total. The highest BCUT2D eigenvalue weighted by atomic mass is 16.6. The molecule has 0 radical (unpaired) electrons. The topological polar surface area (TPSA) is 47.6 Å². The third-order valence-corrected chi connectivity index (χ3v) is 2.93. The van der Waals surface area contributed by atoms with Crippen molar-refractivity contribution in [1.82, 2.24) is 5.32 Å². The lowest BCUT2D eigenvalue weighted by Gasteiger charge is -2.22. The molecule has 0 aliphatic carbocycles. The largest absolute Gasteiger partial charge is 0.497 e. The fourth-order valence-corrected chi connectivity index (χ4v) is 1.89. The van der Waals surface area contributed by atoms with E-state index in [4.69, 9.17) is 9.47 Å². The van der Waals surface area contributed by atoms with Crippen LogP contribution in [0.5, 0.6) is 5.75 Å². The van der Waals surface area contributed by atoms with Crippen molar-refractivity contribution < 1.29 is 14.3 Å². The number of nitrogens with one attached hydrogen (secondary N) is 1. The van der Waals surface area contributed by atoms with Gasteiger partial charge in [-0.15, -0.1) is 0 Å². The molecule has 1 aromatic rings. The number of alkyl carbamates (subject to hydrolysis) is 1. The molecule has 1 amide bonds. The second-order valence-electron chi connectivity index (χ2n) is 5.79. The molecule has 0 aromatic heterocycles. The van der Waals surface area contributed by atoms with E-state index >= 15 is 0 Å². The molecule has 110 valence electrons. The smallest absolute Gasteiger partial charge is 0.408 e. The van der Waals surface area contributed by atoms with Crippen molar-refractivity contribution in [3.8, 4) is 5.75 Å². The van der Waals surface area contributed by atoms with Crippen LogP contribution in [-0.2, 0) is 4.74 Å². The van der Waals surface area contributed by atoms with Gasteiger partial charge in [-0.1, -0.05) is 19.0 Å². The van der Waals surface area contributed by atoms with Crippen LogP contribution in [0.1, 0.15) is 39.3 Å². The zero-order chi connectivity index (χ0) is 15.3. The molecule has 0 saturated heterocycles. The van der Waals surface area contributed by atoms with Gasteiger partial charge in [-0.25, -0.2) is 4.79 Å². The molecule has 1 rings (SSSR count). The highest BCUT2D eigenvalue weighted by molar-refractivity contribution is 6.53. The van der Waals surface area contributed by atoms with Crippen LogP contribution >= 0.6 is 0 Å². The first kappa shape index (κ1) is 16.4. The predicted molar refractivity (Wildman–Crippen MR) is 83.4 cm³/mol. The first-order valence-corrected chi connectivity index (χ1v) is 6.93. The number of carbonyl (C=O) groups excluding carboxylic acids is 1. The SMILES string of the molecule is CBc1ccc([C@@H](C)NC(=O)OC(C)(C)C)cc1OC.